The highest BCUT2D eigenvalue weighted by Crippen LogP contribution is 2.18. The molecular formula is C14H14BrN3O. The minimum absolute atomic E-state index is 0.0447. The number of amidine groups is 1. The number of ether oxygens (including phenoxy) is 1. The summed E-state index contributed by atoms with van der Waals surface area (Å²) in [7, 11) is 0. The number of nitrogens with one attached hydrogen (secondary N) is 1. The van der Waals surface area contributed by atoms with E-state index in [1.807, 2.05) is 37.3 Å². The van der Waals surface area contributed by atoms with Crippen LogP contribution in [0.4, 0.5) is 0 Å². The molecule has 0 aliphatic heterocycles. The Balaban J connectivity index is 2.19. The predicted octanol–water partition coefficient (Wildman–Crippen LogP) is 3.02. The van der Waals surface area contributed by atoms with Crippen LogP contribution in [-0.2, 0) is 6.61 Å². The van der Waals surface area contributed by atoms with Gasteiger partial charge in [0, 0.05) is 10.2 Å². The van der Waals surface area contributed by atoms with Gasteiger partial charge in [0.05, 0.1) is 5.56 Å². The zero-order chi connectivity index (χ0) is 13.8. The van der Waals surface area contributed by atoms with Crippen molar-refractivity contribution >= 4 is 21.8 Å². The third-order valence-corrected chi connectivity index (χ3v) is 3.05. The highest BCUT2D eigenvalue weighted by molar-refractivity contribution is 9.10. The molecule has 1 heterocycles. The lowest BCUT2D eigenvalue weighted by Gasteiger charge is -2.10. The molecule has 1 aromatic heterocycles. The van der Waals surface area contributed by atoms with Crippen molar-refractivity contribution in [3.05, 3.63) is 57.7 Å². The Labute approximate surface area is 120 Å². The average molecular weight is 320 g/mol. The van der Waals surface area contributed by atoms with Gasteiger partial charge in [0.25, 0.3) is 0 Å². The second kappa shape index (κ2) is 5.84. The minimum Gasteiger partial charge on any atom is -0.472 e. The van der Waals surface area contributed by atoms with Gasteiger partial charge in [-0.05, 0) is 36.8 Å². The average Bonchev–Trinajstić information content (AvgIpc) is 2.36. The van der Waals surface area contributed by atoms with Gasteiger partial charge in [-0.1, -0.05) is 28.1 Å². The van der Waals surface area contributed by atoms with Crippen LogP contribution in [0.15, 0.2) is 40.9 Å². The van der Waals surface area contributed by atoms with Gasteiger partial charge < -0.3 is 10.5 Å². The zero-order valence-electron chi connectivity index (χ0n) is 10.5. The third-order valence-electron chi connectivity index (χ3n) is 2.55. The Hall–Kier alpha value is -1.88. The van der Waals surface area contributed by atoms with Crippen LogP contribution in [0, 0.1) is 12.3 Å². The summed E-state index contributed by atoms with van der Waals surface area (Å²) in [6, 6.07) is 11.4. The van der Waals surface area contributed by atoms with Gasteiger partial charge in [-0.25, -0.2) is 4.98 Å². The molecule has 0 fully saturated rings. The highest BCUT2D eigenvalue weighted by Gasteiger charge is 2.09. The van der Waals surface area contributed by atoms with Crippen LogP contribution in [0.2, 0.25) is 0 Å². The lowest BCUT2D eigenvalue weighted by atomic mass is 10.2. The molecule has 0 aliphatic carbocycles. The van der Waals surface area contributed by atoms with Gasteiger partial charge in [-0.15, -0.1) is 0 Å². The summed E-state index contributed by atoms with van der Waals surface area (Å²) in [4.78, 5) is 4.28. The predicted molar refractivity (Wildman–Crippen MR) is 78.5 cm³/mol. The van der Waals surface area contributed by atoms with Gasteiger partial charge >= 0.3 is 0 Å². The van der Waals surface area contributed by atoms with Crippen LogP contribution in [0.5, 0.6) is 5.88 Å². The van der Waals surface area contributed by atoms with Crippen molar-refractivity contribution in [2.75, 3.05) is 0 Å². The number of nitrogen functional groups attached to an aromatic ring is 1. The van der Waals surface area contributed by atoms with Crippen molar-refractivity contribution < 1.29 is 4.74 Å². The molecule has 0 amide bonds. The normalized spacial score (nSPS) is 10.2. The summed E-state index contributed by atoms with van der Waals surface area (Å²) in [6.45, 7) is 2.26. The van der Waals surface area contributed by atoms with Crippen molar-refractivity contribution in [2.45, 2.75) is 13.5 Å². The van der Waals surface area contributed by atoms with Crippen LogP contribution in [0.1, 0.15) is 16.8 Å². The summed E-state index contributed by atoms with van der Waals surface area (Å²) < 4.78 is 6.67. The van der Waals surface area contributed by atoms with Gasteiger partial charge in [0.2, 0.25) is 5.88 Å². The summed E-state index contributed by atoms with van der Waals surface area (Å²) in [5, 5.41) is 7.51. The van der Waals surface area contributed by atoms with Crippen molar-refractivity contribution in [3.63, 3.8) is 0 Å². The highest BCUT2D eigenvalue weighted by atomic mass is 79.9. The summed E-state index contributed by atoms with van der Waals surface area (Å²) in [6.07, 6.45) is 0. The van der Waals surface area contributed by atoms with E-state index in [4.69, 9.17) is 15.9 Å². The molecule has 0 unspecified atom stereocenters. The number of halogens is 1. The second-order valence-corrected chi connectivity index (χ2v) is 5.05. The van der Waals surface area contributed by atoms with Crippen LogP contribution >= 0.6 is 15.9 Å². The zero-order valence-corrected chi connectivity index (χ0v) is 12.1. The SMILES string of the molecule is Cc1ccc(C(=N)N)c(OCc2cccc(Br)c2)n1. The van der Waals surface area contributed by atoms with E-state index in [1.54, 1.807) is 6.07 Å². The first-order chi connectivity index (χ1) is 9.06. The number of hydrogen-bond acceptors (Lipinski definition) is 3. The van der Waals surface area contributed by atoms with Gasteiger partial charge in [-0.2, -0.15) is 0 Å². The number of rotatable bonds is 4. The Morgan fingerprint density at radius 1 is 1.37 bits per heavy atom. The van der Waals surface area contributed by atoms with E-state index in [-0.39, 0.29) is 5.84 Å². The number of aryl methyl sites for hydroxylation is 1. The molecule has 0 aliphatic rings. The summed E-state index contributed by atoms with van der Waals surface area (Å²) in [5.41, 5.74) is 7.88. The molecule has 98 valence electrons. The van der Waals surface area contributed by atoms with E-state index in [1.165, 1.54) is 0 Å². The van der Waals surface area contributed by atoms with E-state index < -0.39 is 0 Å². The van der Waals surface area contributed by atoms with E-state index in [0.717, 1.165) is 15.7 Å². The number of hydrogen-bond donors (Lipinski definition) is 2. The maximum absolute atomic E-state index is 7.51. The van der Waals surface area contributed by atoms with Crippen LogP contribution in [0.25, 0.3) is 0 Å². The first-order valence-corrected chi connectivity index (χ1v) is 6.55. The molecule has 4 nitrogen and oxygen atoms in total. The molecule has 2 aromatic rings. The molecular weight excluding hydrogens is 306 g/mol. The fraction of sp³-hybridized carbons (Fsp3) is 0.143. The standard InChI is InChI=1S/C14H14BrN3O/c1-9-5-6-12(13(16)17)14(18-9)19-8-10-3-2-4-11(15)7-10/h2-7H,8H2,1H3,(H3,16,17). The molecule has 0 spiro atoms. The maximum Gasteiger partial charge on any atom is 0.225 e. The first-order valence-electron chi connectivity index (χ1n) is 5.75. The summed E-state index contributed by atoms with van der Waals surface area (Å²) >= 11 is 3.41. The van der Waals surface area contributed by atoms with E-state index >= 15 is 0 Å². The van der Waals surface area contributed by atoms with Gasteiger partial charge in [0.1, 0.15) is 12.4 Å². The molecule has 19 heavy (non-hydrogen) atoms. The van der Waals surface area contributed by atoms with Crippen LogP contribution in [0.3, 0.4) is 0 Å². The van der Waals surface area contributed by atoms with E-state index in [2.05, 4.69) is 20.9 Å². The molecule has 0 saturated carbocycles. The second-order valence-electron chi connectivity index (χ2n) is 4.14. The number of pyridine rings is 1. The smallest absolute Gasteiger partial charge is 0.225 e. The Morgan fingerprint density at radius 3 is 2.84 bits per heavy atom. The van der Waals surface area contributed by atoms with Gasteiger partial charge in [-0.3, -0.25) is 5.41 Å². The Bertz CT molecular complexity index is 613. The van der Waals surface area contributed by atoms with E-state index in [9.17, 15) is 0 Å². The number of nitrogens with zero attached hydrogens (tertiary/aromatic N) is 1. The lowest BCUT2D eigenvalue weighted by molar-refractivity contribution is 0.292. The Morgan fingerprint density at radius 2 is 2.16 bits per heavy atom. The summed E-state index contributed by atoms with van der Waals surface area (Å²) in [5.74, 6) is 0.351. The van der Waals surface area contributed by atoms with E-state index in [0.29, 0.717) is 18.1 Å². The molecule has 1 aromatic carbocycles. The van der Waals surface area contributed by atoms with Crippen molar-refractivity contribution in [1.82, 2.24) is 4.98 Å². The molecule has 3 N–H and O–H groups in total. The lowest BCUT2D eigenvalue weighted by Crippen LogP contribution is -2.14. The van der Waals surface area contributed by atoms with Crippen LogP contribution < -0.4 is 10.5 Å². The number of nitrogens with two attached hydrogens (primary N) is 1. The minimum atomic E-state index is -0.0447. The fourth-order valence-corrected chi connectivity index (χ4v) is 2.07. The van der Waals surface area contributed by atoms with Crippen molar-refractivity contribution in [3.8, 4) is 5.88 Å². The third kappa shape index (κ3) is 3.54. The largest absolute Gasteiger partial charge is 0.472 e. The molecule has 0 bridgehead atoms. The maximum atomic E-state index is 7.51. The van der Waals surface area contributed by atoms with Gasteiger partial charge in [0.15, 0.2) is 0 Å². The Kier molecular flexibility index (Phi) is 4.16. The number of benzene rings is 1. The monoisotopic (exact) mass is 319 g/mol. The van der Waals surface area contributed by atoms with Crippen molar-refractivity contribution in [1.29, 1.82) is 5.41 Å². The quantitative estimate of drug-likeness (QED) is 0.672. The number of aromatic nitrogens is 1. The van der Waals surface area contributed by atoms with Crippen LogP contribution in [-0.4, -0.2) is 10.8 Å². The molecule has 2 rings (SSSR count). The fourth-order valence-electron chi connectivity index (χ4n) is 1.63. The topological polar surface area (TPSA) is 72.0 Å². The molecule has 0 atom stereocenters. The molecule has 5 heteroatoms. The molecule has 0 saturated heterocycles. The molecule has 0 radical (unpaired) electrons. The van der Waals surface area contributed by atoms with Crippen molar-refractivity contribution in [2.24, 2.45) is 5.73 Å². The first kappa shape index (κ1) is 13.5.